The Kier molecular flexibility index (Phi) is 5.56. The van der Waals surface area contributed by atoms with Gasteiger partial charge in [-0.3, -0.25) is 4.79 Å². The van der Waals surface area contributed by atoms with Crippen molar-refractivity contribution in [2.75, 3.05) is 14.2 Å². The number of carbonyl (C=O) groups is 1. The summed E-state index contributed by atoms with van der Waals surface area (Å²) in [6.07, 6.45) is 0. The van der Waals surface area contributed by atoms with Crippen molar-refractivity contribution in [3.8, 4) is 45.6 Å². The topological polar surface area (TPSA) is 116 Å². The summed E-state index contributed by atoms with van der Waals surface area (Å²) in [5.74, 6) is -0.512. The van der Waals surface area contributed by atoms with E-state index in [1.807, 2.05) is 26.8 Å². The quantitative estimate of drug-likeness (QED) is 0.231. The van der Waals surface area contributed by atoms with Crippen LogP contribution >= 0.6 is 15.9 Å². The molecule has 0 amide bonds. The molecule has 0 heterocycles. The van der Waals surface area contributed by atoms with Gasteiger partial charge < -0.3 is 29.9 Å². The fourth-order valence-electron chi connectivity index (χ4n) is 5.36. The molecule has 0 radical (unpaired) electrons. The predicted molar refractivity (Wildman–Crippen MR) is 144 cm³/mol. The molecule has 0 aromatic heterocycles. The summed E-state index contributed by atoms with van der Waals surface area (Å²) >= 11 is 3.14. The number of phenols is 4. The van der Waals surface area contributed by atoms with Crippen molar-refractivity contribution in [3.05, 3.63) is 68.7 Å². The summed E-state index contributed by atoms with van der Waals surface area (Å²) in [6, 6.07) is 9.96. The number of phenolic OH excluding ortho intramolecular Hbond substituents is 4. The lowest BCUT2D eigenvalue weighted by Crippen LogP contribution is -2.30. The number of fused-ring (bicyclic) bond motifs is 3. The first-order chi connectivity index (χ1) is 17.4. The Balaban J connectivity index is 1.92. The van der Waals surface area contributed by atoms with E-state index < -0.39 is 16.9 Å². The van der Waals surface area contributed by atoms with Crippen LogP contribution in [0, 0.1) is 6.92 Å². The molecule has 190 valence electrons. The Morgan fingerprint density at radius 2 is 1.35 bits per heavy atom. The zero-order valence-corrected chi connectivity index (χ0v) is 22.4. The molecule has 0 fully saturated rings. The minimum atomic E-state index is -0.860. The number of hydrogen-bond donors (Lipinski definition) is 4. The lowest BCUT2D eigenvalue weighted by molar-refractivity contribution is 0.102. The van der Waals surface area contributed by atoms with Crippen molar-refractivity contribution in [2.24, 2.45) is 0 Å². The van der Waals surface area contributed by atoms with Crippen molar-refractivity contribution >= 4 is 32.5 Å². The number of aryl methyl sites for hydroxylation is 1. The van der Waals surface area contributed by atoms with Crippen molar-refractivity contribution < 1.29 is 34.7 Å². The number of carbonyl (C=O) groups excluding carboxylic acids is 1. The molecular formula is C29H25BrO7. The van der Waals surface area contributed by atoms with E-state index in [2.05, 4.69) is 15.9 Å². The molecule has 0 bridgehead atoms. The normalized spacial score (nSPS) is 13.8. The van der Waals surface area contributed by atoms with Crippen LogP contribution in [0.5, 0.6) is 34.5 Å². The second-order valence-electron chi connectivity index (χ2n) is 9.69. The minimum Gasteiger partial charge on any atom is -0.507 e. The summed E-state index contributed by atoms with van der Waals surface area (Å²) in [4.78, 5) is 13.8. The van der Waals surface area contributed by atoms with Crippen molar-refractivity contribution in [3.63, 3.8) is 0 Å². The van der Waals surface area contributed by atoms with Crippen LogP contribution in [-0.4, -0.2) is 40.4 Å². The second-order valence-corrected chi connectivity index (χ2v) is 10.5. The van der Waals surface area contributed by atoms with Gasteiger partial charge >= 0.3 is 0 Å². The maximum absolute atomic E-state index is 13.8. The molecular weight excluding hydrogens is 540 g/mol. The van der Waals surface area contributed by atoms with E-state index in [0.717, 1.165) is 0 Å². The Bertz CT molecular complexity index is 1630. The summed E-state index contributed by atoms with van der Waals surface area (Å²) in [5, 5.41) is 44.8. The lowest BCUT2D eigenvalue weighted by atomic mass is 9.67. The maximum Gasteiger partial charge on any atom is 0.201 e. The van der Waals surface area contributed by atoms with Crippen molar-refractivity contribution in [2.45, 2.75) is 26.2 Å². The predicted octanol–water partition coefficient (Wildman–Crippen LogP) is 6.29. The van der Waals surface area contributed by atoms with Crippen molar-refractivity contribution in [1.29, 1.82) is 0 Å². The van der Waals surface area contributed by atoms with Crippen LogP contribution in [0.1, 0.15) is 46.5 Å². The number of halogens is 1. The highest BCUT2D eigenvalue weighted by atomic mass is 79.9. The van der Waals surface area contributed by atoms with Crippen LogP contribution in [0.2, 0.25) is 0 Å². The summed E-state index contributed by atoms with van der Waals surface area (Å²) in [6.45, 7) is 5.52. The lowest BCUT2D eigenvalue weighted by Gasteiger charge is -2.35. The fourth-order valence-corrected chi connectivity index (χ4v) is 5.67. The molecule has 37 heavy (non-hydrogen) atoms. The first-order valence-electron chi connectivity index (χ1n) is 11.5. The van der Waals surface area contributed by atoms with Gasteiger partial charge in [-0.25, -0.2) is 0 Å². The first kappa shape index (κ1) is 24.8. The SMILES string of the molecule is COc1cc(C)c(-c2cc(OC)cc3cc4c(c(O)c23)C(=O)c2c(cc(O)c(Br)c2O)C4(C)C)c(O)c1. The fraction of sp³-hybridized carbons (Fsp3) is 0.207. The third kappa shape index (κ3) is 3.43. The smallest absolute Gasteiger partial charge is 0.201 e. The van der Waals surface area contributed by atoms with Gasteiger partial charge in [0.15, 0.2) is 0 Å². The molecule has 4 N–H and O–H groups in total. The Labute approximate surface area is 221 Å². The number of rotatable bonds is 3. The third-order valence-corrected chi connectivity index (χ3v) is 8.02. The van der Waals surface area contributed by atoms with E-state index in [1.165, 1.54) is 26.4 Å². The second kappa shape index (κ2) is 8.31. The number of aromatic hydroxyl groups is 4. The average molecular weight is 565 g/mol. The summed E-state index contributed by atoms with van der Waals surface area (Å²) < 4.78 is 10.8. The van der Waals surface area contributed by atoms with Gasteiger partial charge in [-0.05, 0) is 75.3 Å². The van der Waals surface area contributed by atoms with Gasteiger partial charge in [0.05, 0.1) is 25.3 Å². The van der Waals surface area contributed by atoms with Crippen LogP contribution < -0.4 is 9.47 Å². The van der Waals surface area contributed by atoms with Crippen LogP contribution in [-0.2, 0) is 5.41 Å². The van der Waals surface area contributed by atoms with Crippen LogP contribution in [0.15, 0.2) is 40.9 Å². The van der Waals surface area contributed by atoms with Gasteiger partial charge in [-0.2, -0.15) is 0 Å². The van der Waals surface area contributed by atoms with Crippen molar-refractivity contribution in [1.82, 2.24) is 0 Å². The number of ether oxygens (including phenoxy) is 2. The largest absolute Gasteiger partial charge is 0.507 e. The van der Waals surface area contributed by atoms with Crippen LogP contribution in [0.25, 0.3) is 21.9 Å². The molecule has 0 spiro atoms. The summed E-state index contributed by atoms with van der Waals surface area (Å²) in [5.41, 5.74) is 1.79. The molecule has 0 aliphatic heterocycles. The van der Waals surface area contributed by atoms with Crippen LogP contribution in [0.3, 0.4) is 0 Å². The zero-order chi connectivity index (χ0) is 27.0. The molecule has 4 aromatic carbocycles. The summed E-state index contributed by atoms with van der Waals surface area (Å²) in [7, 11) is 3.03. The van der Waals surface area contributed by atoms with Gasteiger partial charge in [0, 0.05) is 28.0 Å². The van der Waals surface area contributed by atoms with E-state index in [0.29, 0.717) is 50.1 Å². The molecule has 0 saturated heterocycles. The Morgan fingerprint density at radius 3 is 1.97 bits per heavy atom. The van der Waals surface area contributed by atoms with E-state index in [9.17, 15) is 25.2 Å². The van der Waals surface area contributed by atoms with Gasteiger partial charge in [-0.1, -0.05) is 13.8 Å². The molecule has 1 aliphatic carbocycles. The standard InChI is InChI=1S/C29H25BrO7/c1-12-6-14(36-4)10-19(31)21(12)16-9-15(37-5)7-13-8-17-23(26(33)22(13)16)27(34)24-18(29(17,2)3)11-20(32)25(30)28(24)35/h6-11,31-33,35H,1-5H3. The number of ketones is 1. The van der Waals surface area contributed by atoms with Gasteiger partial charge in [0.25, 0.3) is 0 Å². The highest BCUT2D eigenvalue weighted by Gasteiger charge is 2.42. The molecule has 0 atom stereocenters. The Hall–Kier alpha value is -3.91. The number of benzene rings is 4. The average Bonchev–Trinajstić information content (AvgIpc) is 2.84. The van der Waals surface area contributed by atoms with E-state index >= 15 is 0 Å². The van der Waals surface area contributed by atoms with Gasteiger partial charge in [-0.15, -0.1) is 0 Å². The molecule has 0 unspecified atom stereocenters. The highest BCUT2D eigenvalue weighted by Crippen LogP contribution is 2.54. The monoisotopic (exact) mass is 564 g/mol. The minimum absolute atomic E-state index is 0.00309. The Morgan fingerprint density at radius 1 is 0.757 bits per heavy atom. The van der Waals surface area contributed by atoms with E-state index in [4.69, 9.17) is 9.47 Å². The molecule has 8 heteroatoms. The van der Waals surface area contributed by atoms with E-state index in [-0.39, 0.29) is 32.8 Å². The third-order valence-electron chi connectivity index (χ3n) is 7.23. The molecule has 1 aliphatic rings. The van der Waals surface area contributed by atoms with Gasteiger partial charge in [0.1, 0.15) is 39.0 Å². The molecule has 5 rings (SSSR count). The highest BCUT2D eigenvalue weighted by molar-refractivity contribution is 9.10. The molecule has 4 aromatic rings. The first-order valence-corrected chi connectivity index (χ1v) is 12.3. The number of methoxy groups -OCH3 is 2. The molecule has 0 saturated carbocycles. The number of hydrogen-bond acceptors (Lipinski definition) is 7. The van der Waals surface area contributed by atoms with Crippen LogP contribution in [0.4, 0.5) is 0 Å². The molecule has 7 nitrogen and oxygen atoms in total. The zero-order valence-electron chi connectivity index (χ0n) is 20.9. The maximum atomic E-state index is 13.8. The van der Waals surface area contributed by atoms with E-state index in [1.54, 1.807) is 18.2 Å². The van der Waals surface area contributed by atoms with Gasteiger partial charge in [0.2, 0.25) is 5.78 Å².